The number of amides is 1. The van der Waals surface area contributed by atoms with E-state index in [1.165, 1.54) is 7.11 Å². The Bertz CT molecular complexity index is 992. The molecule has 1 amide bonds. The van der Waals surface area contributed by atoms with Crippen molar-refractivity contribution in [2.75, 3.05) is 7.11 Å². The molecule has 0 aliphatic carbocycles. The number of hydrogen-bond donors (Lipinski definition) is 2. The van der Waals surface area contributed by atoms with Crippen LogP contribution in [0.25, 0.3) is 11.0 Å². The third kappa shape index (κ3) is 3.31. The molecule has 0 aliphatic rings. The number of rotatable bonds is 5. The maximum atomic E-state index is 12.1. The van der Waals surface area contributed by atoms with Crippen LogP contribution >= 0.6 is 0 Å². The quantitative estimate of drug-likeness (QED) is 0.411. The van der Waals surface area contributed by atoms with E-state index >= 15 is 0 Å². The molecule has 0 spiro atoms. The minimum Gasteiger partial charge on any atom is -0.504 e. The molecular weight excluding hydrogens is 342 g/mol. The summed E-state index contributed by atoms with van der Waals surface area (Å²) in [6.45, 7) is 0. The van der Waals surface area contributed by atoms with Gasteiger partial charge in [-0.1, -0.05) is 18.2 Å². The maximum Gasteiger partial charge on any atom is 0.307 e. The van der Waals surface area contributed by atoms with Gasteiger partial charge in [-0.05, 0) is 12.1 Å². The Kier molecular flexibility index (Phi) is 4.52. The summed E-state index contributed by atoms with van der Waals surface area (Å²) in [7, 11) is 1.27. The Morgan fingerprint density at radius 1 is 1.35 bits per heavy atom. The van der Waals surface area contributed by atoms with Crippen LogP contribution < -0.4 is 10.2 Å². The van der Waals surface area contributed by atoms with Crippen molar-refractivity contribution >= 4 is 28.8 Å². The highest BCUT2D eigenvalue weighted by Crippen LogP contribution is 2.33. The number of phenols is 1. The van der Waals surface area contributed by atoms with Crippen molar-refractivity contribution < 1.29 is 24.0 Å². The van der Waals surface area contributed by atoms with Crippen LogP contribution in [0.1, 0.15) is 16.1 Å². The molecule has 1 aromatic heterocycles. The van der Waals surface area contributed by atoms with E-state index in [1.54, 1.807) is 24.3 Å². The molecule has 9 heteroatoms. The van der Waals surface area contributed by atoms with Crippen LogP contribution in [0, 0.1) is 10.1 Å². The van der Waals surface area contributed by atoms with Gasteiger partial charge in [-0.15, -0.1) is 0 Å². The summed E-state index contributed by atoms with van der Waals surface area (Å²) in [5.41, 5.74) is 2.52. The van der Waals surface area contributed by atoms with Gasteiger partial charge < -0.3 is 14.3 Å². The molecule has 0 fully saturated rings. The highest BCUT2D eigenvalue weighted by atomic mass is 16.6. The Labute approximate surface area is 146 Å². The monoisotopic (exact) mass is 355 g/mol. The van der Waals surface area contributed by atoms with Gasteiger partial charge in [0.2, 0.25) is 0 Å². The molecule has 0 saturated heterocycles. The Morgan fingerprint density at radius 2 is 2.12 bits per heavy atom. The average molecular weight is 355 g/mol. The van der Waals surface area contributed by atoms with E-state index in [9.17, 15) is 20.0 Å². The smallest absolute Gasteiger partial charge is 0.307 e. The van der Waals surface area contributed by atoms with E-state index in [4.69, 9.17) is 9.15 Å². The van der Waals surface area contributed by atoms with E-state index in [2.05, 4.69) is 10.5 Å². The van der Waals surface area contributed by atoms with Crippen LogP contribution in [0.2, 0.25) is 0 Å². The fraction of sp³-hybridized carbons (Fsp3) is 0.0588. The summed E-state index contributed by atoms with van der Waals surface area (Å²) in [6, 6.07) is 10.9. The molecule has 2 N–H and O–H groups in total. The zero-order chi connectivity index (χ0) is 18.7. The van der Waals surface area contributed by atoms with Crippen molar-refractivity contribution in [1.82, 2.24) is 5.43 Å². The van der Waals surface area contributed by atoms with Gasteiger partial charge in [-0.3, -0.25) is 14.9 Å². The third-order valence-corrected chi connectivity index (χ3v) is 3.54. The van der Waals surface area contributed by atoms with Gasteiger partial charge in [0.15, 0.2) is 17.3 Å². The van der Waals surface area contributed by atoms with Crippen LogP contribution in [-0.2, 0) is 0 Å². The highest BCUT2D eigenvalue weighted by Gasteiger charge is 2.16. The molecule has 26 heavy (non-hydrogen) atoms. The van der Waals surface area contributed by atoms with E-state index in [0.717, 1.165) is 23.7 Å². The first-order chi connectivity index (χ1) is 12.5. The molecule has 3 rings (SSSR count). The largest absolute Gasteiger partial charge is 0.504 e. The number of phenolic OH excluding ortho intramolecular Hbond substituents is 1. The first-order valence-electron chi connectivity index (χ1n) is 7.37. The standard InChI is InChI=1S/C17H13N3O6/c1-25-14-8-12(20(23)24)6-11(16(14)21)9-18-19-17(22)15-7-10-4-2-3-5-13(10)26-15/h2-9,21H,1H3,(H,19,22)/b18-9+. The van der Waals surface area contributed by atoms with Crippen molar-refractivity contribution in [2.24, 2.45) is 5.10 Å². The van der Waals surface area contributed by atoms with Crippen molar-refractivity contribution in [3.63, 3.8) is 0 Å². The first kappa shape index (κ1) is 17.0. The van der Waals surface area contributed by atoms with E-state index in [-0.39, 0.29) is 28.5 Å². The van der Waals surface area contributed by atoms with E-state index < -0.39 is 10.8 Å². The average Bonchev–Trinajstić information content (AvgIpc) is 3.07. The lowest BCUT2D eigenvalue weighted by Crippen LogP contribution is -2.16. The van der Waals surface area contributed by atoms with Gasteiger partial charge >= 0.3 is 5.91 Å². The van der Waals surface area contributed by atoms with Crippen LogP contribution in [0.4, 0.5) is 5.69 Å². The number of carbonyl (C=O) groups excluding carboxylic acids is 1. The van der Waals surface area contributed by atoms with Crippen molar-refractivity contribution in [3.8, 4) is 11.5 Å². The van der Waals surface area contributed by atoms with Crippen molar-refractivity contribution in [2.45, 2.75) is 0 Å². The topological polar surface area (TPSA) is 127 Å². The lowest BCUT2D eigenvalue weighted by Gasteiger charge is -2.05. The van der Waals surface area contributed by atoms with Crippen molar-refractivity contribution in [1.29, 1.82) is 0 Å². The fourth-order valence-corrected chi connectivity index (χ4v) is 2.28. The fourth-order valence-electron chi connectivity index (χ4n) is 2.28. The number of benzene rings is 2. The van der Waals surface area contributed by atoms with Gasteiger partial charge in [0.05, 0.1) is 24.3 Å². The predicted molar refractivity (Wildman–Crippen MR) is 92.6 cm³/mol. The normalized spacial score (nSPS) is 11.0. The number of nitrogens with zero attached hydrogens (tertiary/aromatic N) is 2. The number of nitro groups is 1. The van der Waals surface area contributed by atoms with Gasteiger partial charge in [-0.25, -0.2) is 5.43 Å². The van der Waals surface area contributed by atoms with Gasteiger partial charge in [0, 0.05) is 17.0 Å². The van der Waals surface area contributed by atoms with Crippen LogP contribution in [0.15, 0.2) is 52.0 Å². The number of hydrogen-bond acceptors (Lipinski definition) is 7. The molecule has 0 radical (unpaired) electrons. The van der Waals surface area contributed by atoms with Crippen LogP contribution in [0.5, 0.6) is 11.5 Å². The minimum atomic E-state index is -0.633. The number of non-ortho nitro benzene ring substituents is 1. The zero-order valence-electron chi connectivity index (χ0n) is 13.5. The van der Waals surface area contributed by atoms with E-state index in [0.29, 0.717) is 5.58 Å². The molecule has 0 atom stereocenters. The molecule has 0 bridgehead atoms. The Morgan fingerprint density at radius 3 is 2.81 bits per heavy atom. The number of hydrazone groups is 1. The lowest BCUT2D eigenvalue weighted by molar-refractivity contribution is -0.385. The summed E-state index contributed by atoms with van der Waals surface area (Å²) in [6.07, 6.45) is 1.07. The molecule has 0 saturated carbocycles. The summed E-state index contributed by atoms with van der Waals surface area (Å²) >= 11 is 0. The number of methoxy groups -OCH3 is 1. The summed E-state index contributed by atoms with van der Waals surface area (Å²) in [5, 5.41) is 25.4. The number of aromatic hydroxyl groups is 1. The van der Waals surface area contributed by atoms with Gasteiger partial charge in [-0.2, -0.15) is 5.10 Å². The number of nitro benzene ring substituents is 1. The molecule has 1 heterocycles. The molecule has 0 aliphatic heterocycles. The Balaban J connectivity index is 1.80. The summed E-state index contributed by atoms with van der Waals surface area (Å²) in [4.78, 5) is 22.4. The van der Waals surface area contributed by atoms with E-state index in [1.807, 2.05) is 6.07 Å². The molecule has 0 unspecified atom stereocenters. The molecular formula is C17H13N3O6. The number of ether oxygens (including phenoxy) is 1. The second kappa shape index (κ2) is 6.93. The van der Waals surface area contributed by atoms with Crippen LogP contribution in [-0.4, -0.2) is 29.3 Å². The SMILES string of the molecule is COc1cc([N+](=O)[O-])cc(/C=N/NC(=O)c2cc3ccccc3o2)c1O. The number of carbonyl (C=O) groups is 1. The second-order valence-corrected chi connectivity index (χ2v) is 5.19. The predicted octanol–water partition coefficient (Wildman–Crippen LogP) is 2.82. The molecule has 2 aromatic carbocycles. The molecule has 132 valence electrons. The lowest BCUT2D eigenvalue weighted by atomic mass is 10.2. The maximum absolute atomic E-state index is 12.1. The third-order valence-electron chi connectivity index (χ3n) is 3.54. The Hall–Kier alpha value is -3.88. The number of furan rings is 1. The minimum absolute atomic E-state index is 0.0148. The van der Waals surface area contributed by atoms with Gasteiger partial charge in [0.1, 0.15) is 5.58 Å². The number of para-hydroxylation sites is 1. The number of fused-ring (bicyclic) bond motifs is 1. The molecule has 3 aromatic rings. The second-order valence-electron chi connectivity index (χ2n) is 5.19. The number of nitrogens with one attached hydrogen (secondary N) is 1. The van der Waals surface area contributed by atoms with Crippen molar-refractivity contribution in [3.05, 3.63) is 63.9 Å². The highest BCUT2D eigenvalue weighted by molar-refractivity contribution is 5.96. The van der Waals surface area contributed by atoms with Gasteiger partial charge in [0.25, 0.3) is 5.69 Å². The summed E-state index contributed by atoms with van der Waals surface area (Å²) < 4.78 is 10.3. The summed E-state index contributed by atoms with van der Waals surface area (Å²) in [5.74, 6) is -0.956. The molecule has 9 nitrogen and oxygen atoms in total. The first-order valence-corrected chi connectivity index (χ1v) is 7.37. The van der Waals surface area contributed by atoms with Crippen LogP contribution in [0.3, 0.4) is 0 Å². The zero-order valence-corrected chi connectivity index (χ0v) is 13.5.